The van der Waals surface area contributed by atoms with Gasteiger partial charge in [0.1, 0.15) is 11.6 Å². The Hall–Kier alpha value is -2.45. The Kier molecular flexibility index (Phi) is 6.06. The molecule has 0 bridgehead atoms. The number of piperidine rings is 1. The minimum Gasteiger partial charge on any atom is -0.496 e. The molecule has 0 N–H and O–H groups in total. The van der Waals surface area contributed by atoms with Crippen molar-refractivity contribution in [2.75, 3.05) is 33.4 Å². The maximum absolute atomic E-state index is 14.3. The van der Waals surface area contributed by atoms with E-state index in [1.165, 1.54) is 6.07 Å². The standard InChI is InChI=1S/C22H29FN4O3/c1-25-14-17(13-24-25)15-27-10-11-30-22(12-21(27)28)6-8-26(9-7-22)16-18-19(23)4-3-5-20(18)29-2/h3-5,13-14H,6-12,15-16H2,1-2H3. The van der Waals surface area contributed by atoms with E-state index in [2.05, 4.69) is 10.00 Å². The van der Waals surface area contributed by atoms with E-state index in [9.17, 15) is 9.18 Å². The van der Waals surface area contributed by atoms with E-state index >= 15 is 0 Å². The maximum Gasteiger partial charge on any atom is 0.225 e. The number of likely N-dealkylation sites (tertiary alicyclic amines) is 1. The van der Waals surface area contributed by atoms with Crippen LogP contribution in [0.1, 0.15) is 30.4 Å². The predicted octanol–water partition coefficient (Wildman–Crippen LogP) is 2.35. The molecule has 8 heteroatoms. The van der Waals surface area contributed by atoms with Crippen LogP contribution in [0.5, 0.6) is 5.75 Å². The molecule has 0 atom stereocenters. The molecule has 2 aliphatic heterocycles. The summed E-state index contributed by atoms with van der Waals surface area (Å²) in [4.78, 5) is 17.0. The van der Waals surface area contributed by atoms with E-state index in [0.717, 1.165) is 31.5 Å². The monoisotopic (exact) mass is 416 g/mol. The number of aryl methyl sites for hydroxylation is 1. The van der Waals surface area contributed by atoms with Crippen molar-refractivity contribution in [3.8, 4) is 5.75 Å². The van der Waals surface area contributed by atoms with E-state index in [0.29, 0.717) is 44.0 Å². The molecule has 2 aromatic rings. The lowest BCUT2D eigenvalue weighted by atomic mass is 9.87. The van der Waals surface area contributed by atoms with E-state index in [4.69, 9.17) is 9.47 Å². The molecule has 3 heterocycles. The van der Waals surface area contributed by atoms with Crippen LogP contribution in [-0.2, 0) is 29.7 Å². The van der Waals surface area contributed by atoms with Gasteiger partial charge in [-0.3, -0.25) is 14.4 Å². The molecule has 1 amide bonds. The van der Waals surface area contributed by atoms with Gasteiger partial charge in [-0.1, -0.05) is 6.07 Å². The summed E-state index contributed by atoms with van der Waals surface area (Å²) in [5.74, 6) is 0.448. The number of benzene rings is 1. The SMILES string of the molecule is COc1cccc(F)c1CN1CCC2(CC1)CC(=O)N(Cc1cnn(C)c1)CCO2. The van der Waals surface area contributed by atoms with Crippen LogP contribution in [0, 0.1) is 5.82 Å². The number of ether oxygens (including phenoxy) is 2. The van der Waals surface area contributed by atoms with Gasteiger partial charge in [0.15, 0.2) is 0 Å². The number of nitrogens with zero attached hydrogens (tertiary/aromatic N) is 4. The lowest BCUT2D eigenvalue weighted by Crippen LogP contribution is -2.47. The molecule has 0 radical (unpaired) electrons. The highest BCUT2D eigenvalue weighted by molar-refractivity contribution is 5.77. The van der Waals surface area contributed by atoms with Crippen molar-refractivity contribution in [1.82, 2.24) is 19.6 Å². The van der Waals surface area contributed by atoms with Crippen molar-refractivity contribution in [1.29, 1.82) is 0 Å². The van der Waals surface area contributed by atoms with Crippen LogP contribution in [0.15, 0.2) is 30.6 Å². The third-order valence-corrected chi connectivity index (χ3v) is 6.17. The Morgan fingerprint density at radius 2 is 2.03 bits per heavy atom. The van der Waals surface area contributed by atoms with Crippen LogP contribution in [0.3, 0.4) is 0 Å². The Balaban J connectivity index is 1.36. The molecule has 162 valence electrons. The number of halogens is 1. The second-order valence-electron chi connectivity index (χ2n) is 8.24. The fourth-order valence-electron chi connectivity index (χ4n) is 4.42. The largest absolute Gasteiger partial charge is 0.496 e. The Labute approximate surface area is 176 Å². The fourth-order valence-corrected chi connectivity index (χ4v) is 4.42. The van der Waals surface area contributed by atoms with Crippen molar-refractivity contribution >= 4 is 5.91 Å². The molecular weight excluding hydrogens is 387 g/mol. The highest BCUT2D eigenvalue weighted by Gasteiger charge is 2.40. The number of rotatable bonds is 5. The summed E-state index contributed by atoms with van der Waals surface area (Å²) in [7, 11) is 3.43. The minimum absolute atomic E-state index is 0.126. The Morgan fingerprint density at radius 3 is 2.73 bits per heavy atom. The topological polar surface area (TPSA) is 59.8 Å². The summed E-state index contributed by atoms with van der Waals surface area (Å²) in [6.07, 6.45) is 5.64. The first-order valence-corrected chi connectivity index (χ1v) is 10.4. The van der Waals surface area contributed by atoms with Gasteiger partial charge in [-0.25, -0.2) is 4.39 Å². The van der Waals surface area contributed by atoms with Crippen molar-refractivity contribution < 1.29 is 18.7 Å². The molecule has 2 saturated heterocycles. The molecule has 7 nitrogen and oxygen atoms in total. The number of amides is 1. The number of hydrogen-bond acceptors (Lipinski definition) is 5. The predicted molar refractivity (Wildman–Crippen MR) is 109 cm³/mol. The van der Waals surface area contributed by atoms with E-state index in [1.807, 2.05) is 18.1 Å². The maximum atomic E-state index is 14.3. The van der Waals surface area contributed by atoms with E-state index in [1.54, 1.807) is 30.1 Å². The molecule has 0 unspecified atom stereocenters. The first-order chi connectivity index (χ1) is 14.5. The van der Waals surface area contributed by atoms with E-state index < -0.39 is 5.60 Å². The van der Waals surface area contributed by atoms with Gasteiger partial charge in [0.25, 0.3) is 0 Å². The lowest BCUT2D eigenvalue weighted by Gasteiger charge is -2.40. The quantitative estimate of drug-likeness (QED) is 0.749. The highest BCUT2D eigenvalue weighted by atomic mass is 19.1. The third kappa shape index (κ3) is 4.49. The summed E-state index contributed by atoms with van der Waals surface area (Å²) < 4.78 is 27.6. The number of hydrogen-bond donors (Lipinski definition) is 0. The fraction of sp³-hybridized carbons (Fsp3) is 0.545. The van der Waals surface area contributed by atoms with Gasteiger partial charge >= 0.3 is 0 Å². The summed E-state index contributed by atoms with van der Waals surface area (Å²) in [6.45, 7) is 3.69. The van der Waals surface area contributed by atoms with Gasteiger partial charge in [0, 0.05) is 57.1 Å². The van der Waals surface area contributed by atoms with Crippen molar-refractivity contribution in [3.05, 3.63) is 47.5 Å². The normalized spacial score (nSPS) is 19.8. The molecular formula is C22H29FN4O3. The molecule has 4 rings (SSSR count). The molecule has 0 aliphatic carbocycles. The Morgan fingerprint density at radius 1 is 1.23 bits per heavy atom. The number of aromatic nitrogens is 2. The van der Waals surface area contributed by atoms with Crippen molar-refractivity contribution in [3.63, 3.8) is 0 Å². The van der Waals surface area contributed by atoms with E-state index in [-0.39, 0.29) is 11.7 Å². The second-order valence-corrected chi connectivity index (χ2v) is 8.24. The van der Waals surface area contributed by atoms with Crippen molar-refractivity contribution in [2.24, 2.45) is 7.05 Å². The average Bonchev–Trinajstić information content (AvgIpc) is 3.08. The second kappa shape index (κ2) is 8.73. The van der Waals surface area contributed by atoms with Crippen LogP contribution in [-0.4, -0.2) is 64.4 Å². The third-order valence-electron chi connectivity index (χ3n) is 6.17. The van der Waals surface area contributed by atoms with Gasteiger partial charge < -0.3 is 14.4 Å². The first-order valence-electron chi connectivity index (χ1n) is 10.4. The van der Waals surface area contributed by atoms with Crippen LogP contribution in [0.4, 0.5) is 4.39 Å². The summed E-state index contributed by atoms with van der Waals surface area (Å²) in [5.41, 5.74) is 1.18. The zero-order valence-corrected chi connectivity index (χ0v) is 17.6. The van der Waals surface area contributed by atoms with Crippen LogP contribution in [0.2, 0.25) is 0 Å². The summed E-state index contributed by atoms with van der Waals surface area (Å²) >= 11 is 0. The summed E-state index contributed by atoms with van der Waals surface area (Å²) in [6, 6.07) is 4.91. The van der Waals surface area contributed by atoms with Crippen molar-refractivity contribution in [2.45, 2.75) is 38.0 Å². The molecule has 1 aromatic heterocycles. The number of carbonyl (C=O) groups is 1. The zero-order valence-electron chi connectivity index (χ0n) is 17.6. The summed E-state index contributed by atoms with van der Waals surface area (Å²) in [5, 5.41) is 4.18. The number of methoxy groups -OCH3 is 1. The molecule has 1 aromatic carbocycles. The smallest absolute Gasteiger partial charge is 0.225 e. The molecule has 1 spiro atoms. The van der Waals surface area contributed by atoms with Gasteiger partial charge in [-0.2, -0.15) is 5.10 Å². The molecule has 2 fully saturated rings. The van der Waals surface area contributed by atoms with Gasteiger partial charge in [0.05, 0.1) is 31.9 Å². The van der Waals surface area contributed by atoms with Gasteiger partial charge in [-0.05, 0) is 25.0 Å². The zero-order chi connectivity index (χ0) is 21.1. The molecule has 0 saturated carbocycles. The molecule has 30 heavy (non-hydrogen) atoms. The van der Waals surface area contributed by atoms with Gasteiger partial charge in [-0.15, -0.1) is 0 Å². The van der Waals surface area contributed by atoms with Crippen LogP contribution in [0.25, 0.3) is 0 Å². The van der Waals surface area contributed by atoms with Crippen LogP contribution < -0.4 is 4.74 Å². The van der Waals surface area contributed by atoms with Crippen LogP contribution >= 0.6 is 0 Å². The molecule has 2 aliphatic rings. The van der Waals surface area contributed by atoms with Gasteiger partial charge in [0.2, 0.25) is 5.91 Å². The highest BCUT2D eigenvalue weighted by Crippen LogP contribution is 2.34. The minimum atomic E-state index is -0.420. The first kappa shape index (κ1) is 20.8. The Bertz CT molecular complexity index is 892. The number of carbonyl (C=O) groups excluding carboxylic acids is 1. The lowest BCUT2D eigenvalue weighted by molar-refractivity contribution is -0.136. The average molecular weight is 416 g/mol.